The number of halogens is 1. The third-order valence-corrected chi connectivity index (χ3v) is 5.91. The van der Waals surface area contributed by atoms with Gasteiger partial charge in [0, 0.05) is 43.2 Å². The molecule has 1 aromatic rings. The summed E-state index contributed by atoms with van der Waals surface area (Å²) < 4.78 is 25.7. The van der Waals surface area contributed by atoms with Gasteiger partial charge in [0.25, 0.3) is 0 Å². The van der Waals surface area contributed by atoms with E-state index in [9.17, 15) is 8.42 Å². The van der Waals surface area contributed by atoms with Gasteiger partial charge in [-0.05, 0) is 24.1 Å². The quantitative estimate of drug-likeness (QED) is 0.861. The van der Waals surface area contributed by atoms with Crippen molar-refractivity contribution in [3.8, 4) is 0 Å². The van der Waals surface area contributed by atoms with Gasteiger partial charge < -0.3 is 5.73 Å². The standard InChI is InChI=1S/C14H22BrN3O2S/c1-11-3-4-12(13(15)9-11)14(10-16)17-5-7-18(8-6-17)21(2,19)20/h3-4,9,14H,5-8,10,16H2,1-2H3. The van der Waals surface area contributed by atoms with Gasteiger partial charge in [0.1, 0.15) is 0 Å². The number of aryl methyl sites for hydroxylation is 1. The normalized spacial score (nSPS) is 19.6. The summed E-state index contributed by atoms with van der Waals surface area (Å²) in [6, 6.07) is 6.38. The van der Waals surface area contributed by atoms with Crippen LogP contribution in [0.1, 0.15) is 17.2 Å². The van der Waals surface area contributed by atoms with E-state index in [1.54, 1.807) is 0 Å². The van der Waals surface area contributed by atoms with Crippen molar-refractivity contribution in [3.63, 3.8) is 0 Å². The second-order valence-electron chi connectivity index (χ2n) is 5.47. The van der Waals surface area contributed by atoms with E-state index in [1.807, 2.05) is 0 Å². The predicted octanol–water partition coefficient (Wildman–Crippen LogP) is 1.33. The van der Waals surface area contributed by atoms with Crippen molar-refractivity contribution >= 4 is 26.0 Å². The maximum Gasteiger partial charge on any atom is 0.211 e. The number of nitrogens with zero attached hydrogens (tertiary/aromatic N) is 2. The van der Waals surface area contributed by atoms with Crippen LogP contribution in [0.3, 0.4) is 0 Å². The topological polar surface area (TPSA) is 66.6 Å². The molecule has 1 atom stereocenters. The van der Waals surface area contributed by atoms with Crippen molar-refractivity contribution in [2.75, 3.05) is 39.0 Å². The molecule has 7 heteroatoms. The fourth-order valence-corrected chi connectivity index (χ4v) is 4.31. The lowest BCUT2D eigenvalue weighted by Crippen LogP contribution is -2.50. The Bertz CT molecular complexity index is 598. The molecule has 1 aromatic carbocycles. The first-order valence-corrected chi connectivity index (χ1v) is 9.62. The van der Waals surface area contributed by atoms with Gasteiger partial charge in [0.2, 0.25) is 10.0 Å². The molecule has 5 nitrogen and oxygen atoms in total. The molecule has 1 aliphatic rings. The molecule has 0 saturated carbocycles. The van der Waals surface area contributed by atoms with E-state index in [2.05, 4.69) is 46.0 Å². The highest BCUT2D eigenvalue weighted by Crippen LogP contribution is 2.29. The molecule has 0 amide bonds. The third kappa shape index (κ3) is 4.04. The van der Waals surface area contributed by atoms with Crippen LogP contribution >= 0.6 is 15.9 Å². The highest BCUT2D eigenvalue weighted by Gasteiger charge is 2.28. The van der Waals surface area contributed by atoms with E-state index in [4.69, 9.17) is 5.73 Å². The molecule has 0 aliphatic carbocycles. The van der Waals surface area contributed by atoms with Gasteiger partial charge in [-0.1, -0.05) is 28.1 Å². The van der Waals surface area contributed by atoms with E-state index in [1.165, 1.54) is 16.1 Å². The van der Waals surface area contributed by atoms with Gasteiger partial charge in [0.05, 0.1) is 6.26 Å². The summed E-state index contributed by atoms with van der Waals surface area (Å²) in [5, 5.41) is 0. The number of benzene rings is 1. The molecular weight excluding hydrogens is 354 g/mol. The number of nitrogens with two attached hydrogens (primary N) is 1. The van der Waals surface area contributed by atoms with Crippen LogP contribution in [0, 0.1) is 6.92 Å². The molecule has 0 bridgehead atoms. The fourth-order valence-electron chi connectivity index (χ4n) is 2.72. The summed E-state index contributed by atoms with van der Waals surface area (Å²) in [6.07, 6.45) is 1.26. The van der Waals surface area contributed by atoms with Gasteiger partial charge in [-0.2, -0.15) is 4.31 Å². The zero-order valence-corrected chi connectivity index (χ0v) is 14.8. The molecule has 1 saturated heterocycles. The van der Waals surface area contributed by atoms with Crippen molar-refractivity contribution in [2.45, 2.75) is 13.0 Å². The molecule has 0 aromatic heterocycles. The first kappa shape index (κ1) is 16.9. The van der Waals surface area contributed by atoms with Gasteiger partial charge in [-0.25, -0.2) is 8.42 Å². The molecule has 118 valence electrons. The summed E-state index contributed by atoms with van der Waals surface area (Å²) in [5.74, 6) is 0. The van der Waals surface area contributed by atoms with Crippen LogP contribution in [-0.2, 0) is 10.0 Å². The van der Waals surface area contributed by atoms with E-state index in [0.717, 1.165) is 10.0 Å². The van der Waals surface area contributed by atoms with Crippen LogP contribution in [0.15, 0.2) is 22.7 Å². The van der Waals surface area contributed by atoms with Crippen LogP contribution in [0.25, 0.3) is 0 Å². The van der Waals surface area contributed by atoms with E-state index in [0.29, 0.717) is 32.7 Å². The van der Waals surface area contributed by atoms with Crippen molar-refractivity contribution < 1.29 is 8.42 Å². The maximum absolute atomic E-state index is 11.6. The Hall–Kier alpha value is -0.470. The minimum Gasteiger partial charge on any atom is -0.329 e. The predicted molar refractivity (Wildman–Crippen MR) is 88.7 cm³/mol. The lowest BCUT2D eigenvalue weighted by molar-refractivity contribution is 0.140. The zero-order valence-electron chi connectivity index (χ0n) is 12.4. The Labute approximate surface area is 135 Å². The molecule has 1 heterocycles. The minimum absolute atomic E-state index is 0.113. The average Bonchev–Trinajstić information content (AvgIpc) is 2.41. The summed E-state index contributed by atoms with van der Waals surface area (Å²) >= 11 is 3.61. The van der Waals surface area contributed by atoms with Crippen molar-refractivity contribution in [3.05, 3.63) is 33.8 Å². The minimum atomic E-state index is -3.09. The highest BCUT2D eigenvalue weighted by molar-refractivity contribution is 9.10. The fraction of sp³-hybridized carbons (Fsp3) is 0.571. The number of hydrogen-bond donors (Lipinski definition) is 1. The smallest absolute Gasteiger partial charge is 0.211 e. The second-order valence-corrected chi connectivity index (χ2v) is 8.31. The highest BCUT2D eigenvalue weighted by atomic mass is 79.9. The molecule has 1 fully saturated rings. The molecule has 21 heavy (non-hydrogen) atoms. The van der Waals surface area contributed by atoms with E-state index in [-0.39, 0.29) is 6.04 Å². The Morgan fingerprint density at radius 3 is 2.38 bits per heavy atom. The molecular formula is C14H22BrN3O2S. The molecule has 0 spiro atoms. The van der Waals surface area contributed by atoms with Crippen LogP contribution in [0.4, 0.5) is 0 Å². The lowest BCUT2D eigenvalue weighted by atomic mass is 10.0. The Morgan fingerprint density at radius 1 is 1.29 bits per heavy atom. The first-order chi connectivity index (χ1) is 9.82. The van der Waals surface area contributed by atoms with Gasteiger partial charge in [-0.3, -0.25) is 4.90 Å². The van der Waals surface area contributed by atoms with Crippen molar-refractivity contribution in [1.29, 1.82) is 0 Å². The van der Waals surface area contributed by atoms with E-state index >= 15 is 0 Å². The Morgan fingerprint density at radius 2 is 1.90 bits per heavy atom. The number of sulfonamides is 1. The van der Waals surface area contributed by atoms with Crippen molar-refractivity contribution in [2.24, 2.45) is 5.73 Å². The van der Waals surface area contributed by atoms with Crippen LogP contribution in [0.2, 0.25) is 0 Å². The summed E-state index contributed by atoms with van der Waals surface area (Å²) in [5.41, 5.74) is 8.33. The van der Waals surface area contributed by atoms with Crippen LogP contribution in [0.5, 0.6) is 0 Å². The summed E-state index contributed by atoms with van der Waals surface area (Å²) in [7, 11) is -3.09. The largest absolute Gasteiger partial charge is 0.329 e. The van der Waals surface area contributed by atoms with Crippen LogP contribution in [-0.4, -0.2) is 56.6 Å². The number of rotatable bonds is 4. The molecule has 2 N–H and O–H groups in total. The lowest BCUT2D eigenvalue weighted by Gasteiger charge is -2.38. The second kappa shape index (κ2) is 6.75. The van der Waals surface area contributed by atoms with Gasteiger partial charge >= 0.3 is 0 Å². The average molecular weight is 376 g/mol. The maximum atomic E-state index is 11.6. The first-order valence-electron chi connectivity index (χ1n) is 6.98. The Balaban J connectivity index is 2.13. The molecule has 1 aliphatic heterocycles. The molecule has 1 unspecified atom stereocenters. The monoisotopic (exact) mass is 375 g/mol. The molecule has 2 rings (SSSR count). The van der Waals surface area contributed by atoms with E-state index < -0.39 is 10.0 Å². The number of hydrogen-bond acceptors (Lipinski definition) is 4. The van der Waals surface area contributed by atoms with Crippen LogP contribution < -0.4 is 5.73 Å². The SMILES string of the molecule is Cc1ccc(C(CN)N2CCN(S(C)(=O)=O)CC2)c(Br)c1. The zero-order chi connectivity index (χ0) is 15.6. The molecule has 0 radical (unpaired) electrons. The summed E-state index contributed by atoms with van der Waals surface area (Å²) in [6.45, 7) is 5.03. The number of piperazine rings is 1. The van der Waals surface area contributed by atoms with Gasteiger partial charge in [0.15, 0.2) is 0 Å². The summed E-state index contributed by atoms with van der Waals surface area (Å²) in [4.78, 5) is 2.26. The van der Waals surface area contributed by atoms with Gasteiger partial charge in [-0.15, -0.1) is 0 Å². The van der Waals surface area contributed by atoms with Crippen molar-refractivity contribution in [1.82, 2.24) is 9.21 Å². The Kier molecular flexibility index (Phi) is 5.43. The third-order valence-electron chi connectivity index (χ3n) is 3.92.